The second-order valence-electron chi connectivity index (χ2n) is 5.10. The van der Waals surface area contributed by atoms with Gasteiger partial charge in [-0.05, 0) is 24.7 Å². The second kappa shape index (κ2) is 6.56. The summed E-state index contributed by atoms with van der Waals surface area (Å²) in [6.07, 6.45) is 2.41. The van der Waals surface area contributed by atoms with Crippen LogP contribution in [0.2, 0.25) is 0 Å². The Labute approximate surface area is 121 Å². The molecule has 0 radical (unpaired) electrons. The number of rotatable bonds is 5. The van der Waals surface area contributed by atoms with Crippen molar-refractivity contribution in [3.05, 3.63) is 0 Å². The normalized spacial score (nSPS) is 17.1. The number of nitrogens with zero attached hydrogens (tertiary/aromatic N) is 3. The van der Waals surface area contributed by atoms with Gasteiger partial charge >= 0.3 is 5.97 Å². The molecule has 0 unspecified atom stereocenters. The highest BCUT2D eigenvalue weighted by molar-refractivity contribution is 8.01. The Balaban J connectivity index is 1.88. The molecule has 7 heteroatoms. The van der Waals surface area contributed by atoms with Gasteiger partial charge in [0.2, 0.25) is 5.13 Å². The Bertz CT molecular complexity index is 428. The van der Waals surface area contributed by atoms with Gasteiger partial charge in [0.15, 0.2) is 4.34 Å². The predicted molar refractivity (Wildman–Crippen MR) is 78.0 cm³/mol. The maximum Gasteiger partial charge on any atom is 0.313 e. The van der Waals surface area contributed by atoms with Crippen LogP contribution < -0.4 is 4.90 Å². The maximum atomic E-state index is 10.5. The Morgan fingerprint density at radius 2 is 2.16 bits per heavy atom. The molecule has 0 aliphatic carbocycles. The van der Waals surface area contributed by atoms with E-state index in [-0.39, 0.29) is 5.75 Å². The zero-order valence-electron chi connectivity index (χ0n) is 11.2. The van der Waals surface area contributed by atoms with Crippen LogP contribution in [-0.4, -0.2) is 40.1 Å². The summed E-state index contributed by atoms with van der Waals surface area (Å²) in [5.41, 5.74) is 0. The minimum Gasteiger partial charge on any atom is -0.481 e. The maximum absolute atomic E-state index is 10.5. The number of aromatic nitrogens is 2. The van der Waals surface area contributed by atoms with E-state index >= 15 is 0 Å². The van der Waals surface area contributed by atoms with Gasteiger partial charge in [0, 0.05) is 13.1 Å². The van der Waals surface area contributed by atoms with Gasteiger partial charge in [0.25, 0.3) is 0 Å². The summed E-state index contributed by atoms with van der Waals surface area (Å²) >= 11 is 2.73. The van der Waals surface area contributed by atoms with E-state index in [1.807, 2.05) is 0 Å². The van der Waals surface area contributed by atoms with E-state index in [4.69, 9.17) is 5.11 Å². The fourth-order valence-electron chi connectivity index (χ4n) is 2.27. The van der Waals surface area contributed by atoms with Crippen LogP contribution in [0.5, 0.6) is 0 Å². The number of carboxylic acids is 1. The van der Waals surface area contributed by atoms with Crippen LogP contribution in [0, 0.1) is 11.8 Å². The van der Waals surface area contributed by atoms with Crippen molar-refractivity contribution in [3.63, 3.8) is 0 Å². The van der Waals surface area contributed by atoms with E-state index in [9.17, 15) is 4.79 Å². The Morgan fingerprint density at radius 3 is 2.74 bits per heavy atom. The van der Waals surface area contributed by atoms with Gasteiger partial charge in [-0.15, -0.1) is 10.2 Å². The van der Waals surface area contributed by atoms with Crippen molar-refractivity contribution in [2.45, 2.75) is 31.0 Å². The molecule has 2 rings (SSSR count). The molecule has 1 fully saturated rings. The van der Waals surface area contributed by atoms with Gasteiger partial charge in [-0.2, -0.15) is 0 Å². The SMILES string of the molecule is CC(C)C1CCN(c2nnc(SCC(=O)O)s2)CC1. The lowest BCUT2D eigenvalue weighted by atomic mass is 9.87. The van der Waals surface area contributed by atoms with E-state index in [1.54, 1.807) is 0 Å². The molecule has 0 saturated carbocycles. The zero-order chi connectivity index (χ0) is 13.8. The summed E-state index contributed by atoms with van der Waals surface area (Å²) in [5.74, 6) is 0.784. The van der Waals surface area contributed by atoms with Crippen LogP contribution >= 0.6 is 23.1 Å². The third kappa shape index (κ3) is 4.07. The Kier molecular flexibility index (Phi) is 5.04. The number of hydrogen-bond acceptors (Lipinski definition) is 6. The second-order valence-corrected chi connectivity index (χ2v) is 7.28. The van der Waals surface area contributed by atoms with Crippen LogP contribution in [0.4, 0.5) is 5.13 Å². The summed E-state index contributed by atoms with van der Waals surface area (Å²) in [5, 5.41) is 17.8. The van der Waals surface area contributed by atoms with E-state index in [0.717, 1.165) is 34.4 Å². The van der Waals surface area contributed by atoms with Crippen molar-refractivity contribution in [3.8, 4) is 0 Å². The summed E-state index contributed by atoms with van der Waals surface area (Å²) in [6, 6.07) is 0. The van der Waals surface area contributed by atoms with E-state index < -0.39 is 5.97 Å². The minimum absolute atomic E-state index is 0.0457. The molecule has 5 nitrogen and oxygen atoms in total. The minimum atomic E-state index is -0.820. The number of piperidine rings is 1. The van der Waals surface area contributed by atoms with Gasteiger partial charge in [-0.3, -0.25) is 4.79 Å². The van der Waals surface area contributed by atoms with Crippen LogP contribution in [0.15, 0.2) is 4.34 Å². The third-order valence-electron chi connectivity index (χ3n) is 3.47. The summed E-state index contributed by atoms with van der Waals surface area (Å²) in [4.78, 5) is 12.8. The number of thioether (sulfide) groups is 1. The summed E-state index contributed by atoms with van der Waals surface area (Å²) < 4.78 is 0.739. The van der Waals surface area contributed by atoms with Crippen molar-refractivity contribution in [1.29, 1.82) is 0 Å². The molecule has 1 aliphatic heterocycles. The molecule has 1 aromatic rings. The molecular formula is C12H19N3O2S2. The summed E-state index contributed by atoms with van der Waals surface area (Å²) in [6.45, 7) is 6.62. The van der Waals surface area contributed by atoms with Crippen molar-refractivity contribution in [1.82, 2.24) is 10.2 Å². The number of aliphatic carboxylic acids is 1. The number of carboxylic acid groups (broad SMARTS) is 1. The fraction of sp³-hybridized carbons (Fsp3) is 0.750. The molecule has 2 heterocycles. The third-order valence-corrected chi connectivity index (χ3v) is 5.57. The molecule has 0 amide bonds. The van der Waals surface area contributed by atoms with Crippen LogP contribution in [0.3, 0.4) is 0 Å². The first-order chi connectivity index (χ1) is 9.06. The quantitative estimate of drug-likeness (QED) is 0.843. The smallest absolute Gasteiger partial charge is 0.313 e. The average Bonchev–Trinajstić information content (AvgIpc) is 2.85. The monoisotopic (exact) mass is 301 g/mol. The first-order valence-corrected chi connectivity index (χ1v) is 8.29. The molecule has 1 aliphatic rings. The molecule has 0 aromatic carbocycles. The van der Waals surface area contributed by atoms with Crippen molar-refractivity contribution >= 4 is 34.2 Å². The van der Waals surface area contributed by atoms with Crippen molar-refractivity contribution in [2.24, 2.45) is 11.8 Å². The standard InChI is InChI=1S/C12H19N3O2S2/c1-8(2)9-3-5-15(6-4-9)11-13-14-12(19-11)18-7-10(16)17/h8-9H,3-7H2,1-2H3,(H,16,17). The number of carbonyl (C=O) groups is 1. The van der Waals surface area contributed by atoms with Crippen LogP contribution in [-0.2, 0) is 4.79 Å². The predicted octanol–water partition coefficient (Wildman–Crippen LogP) is 2.59. The zero-order valence-corrected chi connectivity index (χ0v) is 12.8. The topological polar surface area (TPSA) is 66.3 Å². The molecule has 19 heavy (non-hydrogen) atoms. The average molecular weight is 301 g/mol. The van der Waals surface area contributed by atoms with Crippen LogP contribution in [0.25, 0.3) is 0 Å². The first kappa shape index (κ1) is 14.6. The Morgan fingerprint density at radius 1 is 1.47 bits per heavy atom. The number of anilines is 1. The van der Waals surface area contributed by atoms with Crippen molar-refractivity contribution in [2.75, 3.05) is 23.7 Å². The molecule has 0 atom stereocenters. The van der Waals surface area contributed by atoms with E-state index in [0.29, 0.717) is 0 Å². The lowest BCUT2D eigenvalue weighted by molar-refractivity contribution is -0.133. The fourth-order valence-corrected chi connectivity index (χ4v) is 3.88. The molecule has 106 valence electrons. The first-order valence-electron chi connectivity index (χ1n) is 6.49. The largest absolute Gasteiger partial charge is 0.481 e. The lowest BCUT2D eigenvalue weighted by Crippen LogP contribution is -2.35. The van der Waals surface area contributed by atoms with Gasteiger partial charge in [0.05, 0.1) is 5.75 Å². The van der Waals surface area contributed by atoms with Gasteiger partial charge < -0.3 is 10.0 Å². The highest BCUT2D eigenvalue weighted by atomic mass is 32.2. The molecule has 1 aromatic heterocycles. The van der Waals surface area contributed by atoms with Crippen LogP contribution in [0.1, 0.15) is 26.7 Å². The molecule has 0 bridgehead atoms. The highest BCUT2D eigenvalue weighted by Crippen LogP contribution is 2.32. The van der Waals surface area contributed by atoms with Crippen molar-refractivity contribution < 1.29 is 9.90 Å². The number of hydrogen-bond donors (Lipinski definition) is 1. The van der Waals surface area contributed by atoms with Gasteiger partial charge in [0.1, 0.15) is 0 Å². The van der Waals surface area contributed by atoms with Gasteiger partial charge in [-0.1, -0.05) is 36.9 Å². The highest BCUT2D eigenvalue weighted by Gasteiger charge is 2.23. The Hall–Kier alpha value is -0.820. The molecular weight excluding hydrogens is 282 g/mol. The molecule has 1 N–H and O–H groups in total. The molecule has 1 saturated heterocycles. The molecule has 0 spiro atoms. The van der Waals surface area contributed by atoms with Gasteiger partial charge in [-0.25, -0.2) is 0 Å². The van der Waals surface area contributed by atoms with E-state index in [2.05, 4.69) is 28.9 Å². The van der Waals surface area contributed by atoms with E-state index in [1.165, 1.54) is 35.9 Å². The lowest BCUT2D eigenvalue weighted by Gasteiger charge is -2.33. The summed E-state index contributed by atoms with van der Waals surface area (Å²) in [7, 11) is 0.